The van der Waals surface area contributed by atoms with E-state index in [1.807, 2.05) is 26.0 Å². The molecular formula is C19H21N3O4. The number of phenolic OH excluding ortho intramolecular Hbond substituents is 1. The minimum absolute atomic E-state index is 0.0148. The summed E-state index contributed by atoms with van der Waals surface area (Å²) in [7, 11) is 0. The number of ether oxygens (including phenoxy) is 1. The number of nitrogens with zero attached hydrogens (tertiary/aromatic N) is 1. The molecule has 0 unspecified atom stereocenters. The highest BCUT2D eigenvalue weighted by Gasteiger charge is 2.14. The first-order valence-electron chi connectivity index (χ1n) is 8.08. The molecule has 0 saturated carbocycles. The Morgan fingerprint density at radius 2 is 1.92 bits per heavy atom. The van der Waals surface area contributed by atoms with Gasteiger partial charge in [0, 0.05) is 5.69 Å². The lowest BCUT2D eigenvalue weighted by Gasteiger charge is -2.08. The number of benzene rings is 2. The van der Waals surface area contributed by atoms with Crippen LogP contribution in [0.3, 0.4) is 0 Å². The molecule has 0 aromatic heterocycles. The maximum Gasteiger partial charge on any atom is 0.329 e. The Morgan fingerprint density at radius 1 is 1.15 bits per heavy atom. The number of hydrogen-bond acceptors (Lipinski definition) is 5. The van der Waals surface area contributed by atoms with E-state index >= 15 is 0 Å². The van der Waals surface area contributed by atoms with E-state index in [2.05, 4.69) is 15.8 Å². The number of carbonyl (C=O) groups is 2. The summed E-state index contributed by atoms with van der Waals surface area (Å²) in [5.41, 5.74) is 5.17. The fraction of sp³-hybridized carbons (Fsp3) is 0.211. The van der Waals surface area contributed by atoms with Gasteiger partial charge in [-0.25, -0.2) is 5.43 Å². The minimum atomic E-state index is -0.883. The first-order valence-corrected chi connectivity index (χ1v) is 8.08. The monoisotopic (exact) mass is 355 g/mol. The third-order valence-corrected chi connectivity index (χ3v) is 3.51. The number of anilines is 1. The first kappa shape index (κ1) is 19.0. The van der Waals surface area contributed by atoms with E-state index < -0.39 is 11.8 Å². The van der Waals surface area contributed by atoms with Crippen LogP contribution in [0.4, 0.5) is 5.69 Å². The van der Waals surface area contributed by atoms with Crippen LogP contribution in [0.15, 0.2) is 41.5 Å². The maximum atomic E-state index is 12.0. The Balaban J connectivity index is 1.97. The lowest BCUT2D eigenvalue weighted by atomic mass is 10.1. The van der Waals surface area contributed by atoms with Crippen LogP contribution in [0.1, 0.15) is 23.6 Å². The van der Waals surface area contributed by atoms with Crippen molar-refractivity contribution in [2.75, 3.05) is 11.9 Å². The lowest BCUT2D eigenvalue weighted by Crippen LogP contribution is -2.32. The molecule has 26 heavy (non-hydrogen) atoms. The molecule has 2 aromatic carbocycles. The zero-order valence-corrected chi connectivity index (χ0v) is 14.9. The Morgan fingerprint density at radius 3 is 2.65 bits per heavy atom. The van der Waals surface area contributed by atoms with Crippen molar-refractivity contribution >= 4 is 23.7 Å². The Kier molecular flexibility index (Phi) is 6.32. The number of aromatic hydroxyl groups is 1. The molecule has 0 bridgehead atoms. The van der Waals surface area contributed by atoms with Gasteiger partial charge in [-0.3, -0.25) is 9.59 Å². The molecule has 0 aliphatic carbocycles. The highest BCUT2D eigenvalue weighted by atomic mass is 16.5. The summed E-state index contributed by atoms with van der Waals surface area (Å²) in [6, 6.07) is 10.2. The summed E-state index contributed by atoms with van der Waals surface area (Å²) in [6.45, 7) is 5.94. The van der Waals surface area contributed by atoms with Crippen molar-refractivity contribution in [2.24, 2.45) is 5.10 Å². The molecule has 2 aromatic rings. The second-order valence-electron chi connectivity index (χ2n) is 5.63. The van der Waals surface area contributed by atoms with Crippen LogP contribution in [0.2, 0.25) is 0 Å². The van der Waals surface area contributed by atoms with Gasteiger partial charge in [0.25, 0.3) is 0 Å². The van der Waals surface area contributed by atoms with Gasteiger partial charge >= 0.3 is 11.8 Å². The molecule has 0 atom stereocenters. The predicted octanol–water partition coefficient (Wildman–Crippen LogP) is 2.50. The van der Waals surface area contributed by atoms with Crippen molar-refractivity contribution < 1.29 is 19.4 Å². The summed E-state index contributed by atoms with van der Waals surface area (Å²) in [4.78, 5) is 23.8. The Labute approximate surface area is 151 Å². The standard InChI is InChI=1S/C19H21N3O4/c1-4-26-17-10-14(7-8-16(17)23)11-20-22-19(25)18(24)21-15-9-12(2)5-6-13(15)3/h5-11,23H,4H2,1-3H3,(H,21,24)(H,22,25). The quantitative estimate of drug-likeness (QED) is 0.436. The first-order chi connectivity index (χ1) is 12.4. The lowest BCUT2D eigenvalue weighted by molar-refractivity contribution is -0.136. The smallest absolute Gasteiger partial charge is 0.329 e. The van der Waals surface area contributed by atoms with Gasteiger partial charge in [0.05, 0.1) is 12.8 Å². The Hall–Kier alpha value is -3.35. The molecule has 0 spiro atoms. The van der Waals surface area contributed by atoms with Gasteiger partial charge in [-0.1, -0.05) is 12.1 Å². The average molecular weight is 355 g/mol. The zero-order chi connectivity index (χ0) is 19.1. The van der Waals surface area contributed by atoms with Crippen LogP contribution in [-0.2, 0) is 9.59 Å². The maximum absolute atomic E-state index is 12.0. The average Bonchev–Trinajstić information content (AvgIpc) is 2.61. The van der Waals surface area contributed by atoms with E-state index in [1.54, 1.807) is 25.1 Å². The topological polar surface area (TPSA) is 100 Å². The molecule has 0 saturated heterocycles. The molecule has 0 aliphatic rings. The molecule has 7 heteroatoms. The number of aryl methyl sites for hydroxylation is 2. The van der Waals surface area contributed by atoms with Crippen LogP contribution in [0.5, 0.6) is 11.5 Å². The predicted molar refractivity (Wildman–Crippen MR) is 99.6 cm³/mol. The van der Waals surface area contributed by atoms with Crippen LogP contribution in [0, 0.1) is 13.8 Å². The van der Waals surface area contributed by atoms with E-state index in [-0.39, 0.29) is 5.75 Å². The molecule has 2 amide bonds. The minimum Gasteiger partial charge on any atom is -0.504 e. The summed E-state index contributed by atoms with van der Waals surface area (Å²) in [5, 5.41) is 15.9. The normalized spacial score (nSPS) is 10.6. The van der Waals surface area contributed by atoms with Gasteiger partial charge in [0.1, 0.15) is 0 Å². The van der Waals surface area contributed by atoms with Crippen LogP contribution in [-0.4, -0.2) is 29.7 Å². The van der Waals surface area contributed by atoms with Gasteiger partial charge in [-0.2, -0.15) is 5.10 Å². The van der Waals surface area contributed by atoms with E-state index in [1.165, 1.54) is 12.3 Å². The highest BCUT2D eigenvalue weighted by molar-refractivity contribution is 6.39. The third-order valence-electron chi connectivity index (χ3n) is 3.51. The number of amides is 2. The molecule has 136 valence electrons. The van der Waals surface area contributed by atoms with E-state index in [0.717, 1.165) is 11.1 Å². The number of carbonyl (C=O) groups excluding carboxylic acids is 2. The van der Waals surface area contributed by atoms with Crippen molar-refractivity contribution in [3.63, 3.8) is 0 Å². The molecule has 0 fully saturated rings. The summed E-state index contributed by atoms with van der Waals surface area (Å²) < 4.78 is 5.27. The van der Waals surface area contributed by atoms with E-state index in [9.17, 15) is 14.7 Å². The van der Waals surface area contributed by atoms with Gasteiger partial charge in [0.2, 0.25) is 0 Å². The molecule has 2 rings (SSSR count). The van der Waals surface area contributed by atoms with Crippen LogP contribution in [0.25, 0.3) is 0 Å². The number of hydrazone groups is 1. The second kappa shape index (κ2) is 8.66. The summed E-state index contributed by atoms with van der Waals surface area (Å²) in [5.74, 6) is -1.36. The number of rotatable bonds is 5. The zero-order valence-electron chi connectivity index (χ0n) is 14.9. The number of hydrogen-bond donors (Lipinski definition) is 3. The molecular weight excluding hydrogens is 334 g/mol. The van der Waals surface area contributed by atoms with Crippen molar-refractivity contribution in [1.29, 1.82) is 0 Å². The molecule has 3 N–H and O–H groups in total. The van der Waals surface area contributed by atoms with Crippen LogP contribution < -0.4 is 15.5 Å². The SMILES string of the molecule is CCOc1cc(C=NNC(=O)C(=O)Nc2cc(C)ccc2C)ccc1O. The van der Waals surface area contributed by atoms with Crippen molar-refractivity contribution in [1.82, 2.24) is 5.43 Å². The van der Waals surface area contributed by atoms with Crippen molar-refractivity contribution in [3.8, 4) is 11.5 Å². The van der Waals surface area contributed by atoms with Gasteiger partial charge in [-0.15, -0.1) is 0 Å². The number of phenols is 1. The fourth-order valence-electron chi connectivity index (χ4n) is 2.15. The third kappa shape index (κ3) is 5.07. The molecule has 0 aliphatic heterocycles. The second-order valence-corrected chi connectivity index (χ2v) is 5.63. The van der Waals surface area contributed by atoms with E-state index in [0.29, 0.717) is 23.6 Å². The molecule has 0 heterocycles. The highest BCUT2D eigenvalue weighted by Crippen LogP contribution is 2.26. The summed E-state index contributed by atoms with van der Waals surface area (Å²) in [6.07, 6.45) is 1.35. The Bertz CT molecular complexity index is 847. The molecule has 7 nitrogen and oxygen atoms in total. The van der Waals surface area contributed by atoms with Crippen molar-refractivity contribution in [3.05, 3.63) is 53.1 Å². The van der Waals surface area contributed by atoms with Gasteiger partial charge in [-0.05, 0) is 61.7 Å². The molecule has 0 radical (unpaired) electrons. The van der Waals surface area contributed by atoms with Gasteiger partial charge < -0.3 is 15.2 Å². The fourth-order valence-corrected chi connectivity index (χ4v) is 2.15. The number of nitrogens with one attached hydrogen (secondary N) is 2. The largest absolute Gasteiger partial charge is 0.504 e. The summed E-state index contributed by atoms with van der Waals surface area (Å²) >= 11 is 0. The van der Waals surface area contributed by atoms with Crippen LogP contribution >= 0.6 is 0 Å². The van der Waals surface area contributed by atoms with Gasteiger partial charge in [0.15, 0.2) is 11.5 Å². The van der Waals surface area contributed by atoms with Crippen molar-refractivity contribution in [2.45, 2.75) is 20.8 Å². The van der Waals surface area contributed by atoms with E-state index in [4.69, 9.17) is 4.74 Å².